The monoisotopic (exact) mass is 235 g/mol. The van der Waals surface area contributed by atoms with Gasteiger partial charge in [0.15, 0.2) is 5.82 Å². The molecule has 1 aromatic heterocycles. The van der Waals surface area contributed by atoms with Gasteiger partial charge in [-0.2, -0.15) is 10.2 Å². The zero-order valence-corrected chi connectivity index (χ0v) is 10.6. The Kier molecular flexibility index (Phi) is 2.92. The maximum absolute atomic E-state index is 9.01. The Hall–Kier alpha value is -1.41. The van der Waals surface area contributed by atoms with Crippen molar-refractivity contribution in [1.82, 2.24) is 10.1 Å². The van der Waals surface area contributed by atoms with E-state index in [2.05, 4.69) is 16.2 Å². The highest BCUT2D eigenvalue weighted by Gasteiger charge is 2.62. The van der Waals surface area contributed by atoms with Crippen molar-refractivity contribution < 1.29 is 9.26 Å². The van der Waals surface area contributed by atoms with Crippen LogP contribution in [-0.4, -0.2) is 16.7 Å². The third-order valence-electron chi connectivity index (χ3n) is 3.47. The zero-order valence-electron chi connectivity index (χ0n) is 10.6. The van der Waals surface area contributed by atoms with Crippen LogP contribution in [0.4, 0.5) is 0 Å². The third kappa shape index (κ3) is 1.93. The van der Waals surface area contributed by atoms with E-state index in [9.17, 15) is 0 Å². The second kappa shape index (κ2) is 4.11. The molecule has 0 N–H and O–H groups in total. The Bertz CT molecular complexity index is 447. The number of nitrogens with zero attached hydrogens (tertiary/aromatic N) is 3. The highest BCUT2D eigenvalue weighted by atomic mass is 16.5. The van der Waals surface area contributed by atoms with Crippen LogP contribution in [0.25, 0.3) is 0 Å². The second-order valence-corrected chi connectivity index (χ2v) is 4.99. The smallest absolute Gasteiger partial charge is 0.231 e. The van der Waals surface area contributed by atoms with Crippen LogP contribution in [0.1, 0.15) is 51.4 Å². The van der Waals surface area contributed by atoms with Crippen molar-refractivity contribution in [1.29, 1.82) is 5.26 Å². The van der Waals surface area contributed by atoms with Crippen molar-refractivity contribution in [3.63, 3.8) is 0 Å². The van der Waals surface area contributed by atoms with Crippen molar-refractivity contribution in [3.8, 4) is 6.07 Å². The fourth-order valence-corrected chi connectivity index (χ4v) is 2.20. The lowest BCUT2D eigenvalue weighted by atomic mass is 10.1. The molecule has 1 aliphatic rings. The molecule has 0 spiro atoms. The van der Waals surface area contributed by atoms with Gasteiger partial charge >= 0.3 is 0 Å². The van der Waals surface area contributed by atoms with Crippen LogP contribution < -0.4 is 0 Å². The molecule has 0 aromatic carbocycles. The van der Waals surface area contributed by atoms with Crippen LogP contribution in [0.2, 0.25) is 0 Å². The molecule has 92 valence electrons. The average molecular weight is 235 g/mol. The van der Waals surface area contributed by atoms with Gasteiger partial charge in [-0.05, 0) is 19.3 Å². The van der Waals surface area contributed by atoms with Crippen LogP contribution in [0.15, 0.2) is 4.52 Å². The van der Waals surface area contributed by atoms with E-state index in [0.29, 0.717) is 18.3 Å². The SMILES string of the molecule is CCOC(C)c1noc(C2C(C#N)C2(C)C)n1. The average Bonchev–Trinajstić information content (AvgIpc) is 2.66. The minimum absolute atomic E-state index is 0.0294. The molecule has 5 heteroatoms. The van der Waals surface area contributed by atoms with Gasteiger partial charge in [-0.1, -0.05) is 19.0 Å². The standard InChI is InChI=1S/C12H17N3O2/c1-5-16-7(2)10-14-11(17-15-10)9-8(6-13)12(9,3)4/h7-9H,5H2,1-4H3. The minimum Gasteiger partial charge on any atom is -0.371 e. The van der Waals surface area contributed by atoms with Crippen LogP contribution in [0.5, 0.6) is 0 Å². The van der Waals surface area contributed by atoms with Gasteiger partial charge in [0.2, 0.25) is 5.89 Å². The van der Waals surface area contributed by atoms with Crippen LogP contribution in [0.3, 0.4) is 0 Å². The first kappa shape index (κ1) is 12.1. The van der Waals surface area contributed by atoms with Gasteiger partial charge in [-0.15, -0.1) is 0 Å². The fourth-order valence-electron chi connectivity index (χ4n) is 2.20. The molecule has 0 saturated heterocycles. The summed E-state index contributed by atoms with van der Waals surface area (Å²) >= 11 is 0. The van der Waals surface area contributed by atoms with Crippen molar-refractivity contribution in [2.75, 3.05) is 6.61 Å². The number of rotatable bonds is 4. The van der Waals surface area contributed by atoms with Crippen molar-refractivity contribution >= 4 is 0 Å². The first-order valence-electron chi connectivity index (χ1n) is 5.87. The maximum Gasteiger partial charge on any atom is 0.231 e. The normalized spacial score (nSPS) is 27.5. The summed E-state index contributed by atoms with van der Waals surface area (Å²) in [6.07, 6.45) is -0.167. The van der Waals surface area contributed by atoms with Gasteiger partial charge in [0.25, 0.3) is 0 Å². The van der Waals surface area contributed by atoms with Gasteiger partial charge < -0.3 is 9.26 Å². The zero-order chi connectivity index (χ0) is 12.6. The molecule has 0 aliphatic heterocycles. The van der Waals surface area contributed by atoms with E-state index < -0.39 is 0 Å². The summed E-state index contributed by atoms with van der Waals surface area (Å²) in [4.78, 5) is 4.33. The molecule has 3 atom stereocenters. The van der Waals surface area contributed by atoms with Crippen LogP contribution in [-0.2, 0) is 4.74 Å². The number of nitriles is 1. The topological polar surface area (TPSA) is 71.9 Å². The van der Waals surface area contributed by atoms with Gasteiger partial charge in [0.05, 0.1) is 17.9 Å². The third-order valence-corrected chi connectivity index (χ3v) is 3.47. The Morgan fingerprint density at radius 1 is 1.59 bits per heavy atom. The molecule has 0 amide bonds. The summed E-state index contributed by atoms with van der Waals surface area (Å²) in [5.74, 6) is 1.14. The lowest BCUT2D eigenvalue weighted by Gasteiger charge is -2.04. The van der Waals surface area contributed by atoms with Gasteiger partial charge in [-0.25, -0.2) is 0 Å². The van der Waals surface area contributed by atoms with Gasteiger partial charge in [0.1, 0.15) is 6.10 Å². The maximum atomic E-state index is 9.01. The van der Waals surface area contributed by atoms with E-state index >= 15 is 0 Å². The van der Waals surface area contributed by atoms with E-state index in [1.807, 2.05) is 27.7 Å². The predicted octanol–water partition coefficient (Wildman–Crippen LogP) is 2.43. The summed E-state index contributed by atoms with van der Waals surface area (Å²) < 4.78 is 10.6. The summed E-state index contributed by atoms with van der Waals surface area (Å²) in [7, 11) is 0. The number of aromatic nitrogens is 2. The Balaban J connectivity index is 2.13. The minimum atomic E-state index is -0.167. The summed E-state index contributed by atoms with van der Waals surface area (Å²) in [5.41, 5.74) is -0.0621. The number of ether oxygens (including phenoxy) is 1. The van der Waals surface area contributed by atoms with Gasteiger partial charge in [-0.3, -0.25) is 0 Å². The molecule has 1 heterocycles. The molecule has 1 aliphatic carbocycles. The van der Waals surface area contributed by atoms with E-state index in [0.717, 1.165) is 0 Å². The van der Waals surface area contributed by atoms with Crippen LogP contribution in [0, 0.1) is 22.7 Å². The largest absolute Gasteiger partial charge is 0.371 e. The second-order valence-electron chi connectivity index (χ2n) is 4.99. The molecule has 0 radical (unpaired) electrons. The first-order valence-corrected chi connectivity index (χ1v) is 5.87. The Morgan fingerprint density at radius 2 is 2.29 bits per heavy atom. The summed E-state index contributed by atoms with van der Waals surface area (Å²) in [5, 5.41) is 12.9. The molecule has 2 rings (SSSR count). The Morgan fingerprint density at radius 3 is 2.82 bits per heavy atom. The molecule has 17 heavy (non-hydrogen) atoms. The first-order chi connectivity index (χ1) is 8.02. The predicted molar refractivity (Wildman–Crippen MR) is 60.0 cm³/mol. The van der Waals surface area contributed by atoms with Crippen molar-refractivity contribution in [3.05, 3.63) is 11.7 Å². The number of hydrogen-bond donors (Lipinski definition) is 0. The number of hydrogen-bond acceptors (Lipinski definition) is 5. The fraction of sp³-hybridized carbons (Fsp3) is 0.750. The van der Waals surface area contributed by atoms with E-state index in [1.165, 1.54) is 0 Å². The molecule has 1 fully saturated rings. The van der Waals surface area contributed by atoms with E-state index in [-0.39, 0.29) is 23.4 Å². The molecule has 3 unspecified atom stereocenters. The van der Waals surface area contributed by atoms with Crippen molar-refractivity contribution in [2.45, 2.75) is 39.7 Å². The Labute approximate surface area is 101 Å². The quantitative estimate of drug-likeness (QED) is 0.801. The summed E-state index contributed by atoms with van der Waals surface area (Å²) in [6.45, 7) is 8.51. The lowest BCUT2D eigenvalue weighted by Crippen LogP contribution is -2.01. The van der Waals surface area contributed by atoms with E-state index in [4.69, 9.17) is 14.5 Å². The molecular weight excluding hydrogens is 218 g/mol. The molecule has 0 bridgehead atoms. The highest BCUT2D eigenvalue weighted by Crippen LogP contribution is 2.63. The van der Waals surface area contributed by atoms with Crippen LogP contribution >= 0.6 is 0 Å². The van der Waals surface area contributed by atoms with Gasteiger partial charge in [0, 0.05) is 6.61 Å². The van der Waals surface area contributed by atoms with E-state index in [1.54, 1.807) is 0 Å². The highest BCUT2D eigenvalue weighted by molar-refractivity contribution is 5.26. The molecular formula is C12H17N3O2. The molecule has 1 aromatic rings. The molecule has 1 saturated carbocycles. The lowest BCUT2D eigenvalue weighted by molar-refractivity contribution is 0.0683. The summed E-state index contributed by atoms with van der Waals surface area (Å²) in [6, 6.07) is 2.28. The van der Waals surface area contributed by atoms with Crippen molar-refractivity contribution in [2.24, 2.45) is 11.3 Å². The molecule has 5 nitrogen and oxygen atoms in total.